The Bertz CT molecular complexity index is 914. The highest BCUT2D eigenvalue weighted by Gasteiger charge is 2.10. The average molecular weight is 363 g/mol. The quantitative estimate of drug-likeness (QED) is 0.698. The first-order valence-corrected chi connectivity index (χ1v) is 8.53. The van der Waals surface area contributed by atoms with E-state index in [-0.39, 0.29) is 12.3 Å². The van der Waals surface area contributed by atoms with Crippen molar-refractivity contribution in [1.29, 1.82) is 0 Å². The van der Waals surface area contributed by atoms with E-state index in [0.29, 0.717) is 18.0 Å². The predicted octanol–water partition coefficient (Wildman–Crippen LogP) is 3.02. The molecule has 1 N–H and O–H groups in total. The zero-order valence-electron chi connectivity index (χ0n) is 15.3. The molecule has 1 aromatic carbocycles. The largest absolute Gasteiger partial charge is 0.493 e. The van der Waals surface area contributed by atoms with Crippen molar-refractivity contribution in [2.24, 2.45) is 0 Å². The summed E-state index contributed by atoms with van der Waals surface area (Å²) in [5.74, 6) is 1.16. The highest BCUT2D eigenvalue weighted by atomic mass is 16.5. The summed E-state index contributed by atoms with van der Waals surface area (Å²) in [6.45, 7) is 0.393. The third kappa shape index (κ3) is 4.61. The molecule has 27 heavy (non-hydrogen) atoms. The monoisotopic (exact) mass is 363 g/mol. The van der Waals surface area contributed by atoms with Gasteiger partial charge in [-0.05, 0) is 41.5 Å². The summed E-state index contributed by atoms with van der Waals surface area (Å²) in [6.07, 6.45) is 5.47. The molecule has 0 radical (unpaired) electrons. The molecule has 0 aliphatic rings. The molecule has 0 saturated carbocycles. The number of rotatable bonds is 7. The zero-order chi connectivity index (χ0) is 19.1. The molecule has 0 spiro atoms. The standard InChI is InChI=1S/C21H21N3O3/c1-26-18-8-7-15(11-19(18)27-2)12-20(25)24-14-17-6-4-10-23-21(17)16-5-3-9-22-13-16/h3-11,13H,12,14H2,1-2H3,(H,24,25). The van der Waals surface area contributed by atoms with Crippen LogP contribution in [-0.4, -0.2) is 30.1 Å². The van der Waals surface area contributed by atoms with Gasteiger partial charge in [0.2, 0.25) is 5.91 Å². The Morgan fingerprint density at radius 2 is 1.85 bits per heavy atom. The third-order valence-corrected chi connectivity index (χ3v) is 4.11. The van der Waals surface area contributed by atoms with Crippen molar-refractivity contribution in [3.05, 3.63) is 72.2 Å². The van der Waals surface area contributed by atoms with E-state index in [1.54, 1.807) is 38.9 Å². The van der Waals surface area contributed by atoms with Gasteiger partial charge in [-0.3, -0.25) is 14.8 Å². The Hall–Kier alpha value is -3.41. The van der Waals surface area contributed by atoms with Gasteiger partial charge in [-0.15, -0.1) is 0 Å². The van der Waals surface area contributed by atoms with Crippen molar-refractivity contribution in [3.8, 4) is 22.8 Å². The minimum absolute atomic E-state index is 0.0804. The molecule has 3 aromatic rings. The maximum absolute atomic E-state index is 12.4. The van der Waals surface area contributed by atoms with Gasteiger partial charge >= 0.3 is 0 Å². The number of aromatic nitrogens is 2. The number of nitrogens with zero attached hydrogens (tertiary/aromatic N) is 2. The van der Waals surface area contributed by atoms with Gasteiger partial charge in [-0.2, -0.15) is 0 Å². The average Bonchev–Trinajstić information content (AvgIpc) is 2.73. The molecule has 3 rings (SSSR count). The number of benzene rings is 1. The summed E-state index contributed by atoms with van der Waals surface area (Å²) in [5, 5.41) is 2.95. The van der Waals surface area contributed by atoms with Gasteiger partial charge in [-0.1, -0.05) is 12.1 Å². The number of methoxy groups -OCH3 is 2. The zero-order valence-corrected chi connectivity index (χ0v) is 15.3. The van der Waals surface area contributed by atoms with Crippen LogP contribution >= 0.6 is 0 Å². The lowest BCUT2D eigenvalue weighted by atomic mass is 10.1. The number of nitrogens with one attached hydrogen (secondary N) is 1. The van der Waals surface area contributed by atoms with Crippen molar-refractivity contribution < 1.29 is 14.3 Å². The molecule has 0 unspecified atom stereocenters. The molecule has 0 bridgehead atoms. The Morgan fingerprint density at radius 1 is 1.04 bits per heavy atom. The lowest BCUT2D eigenvalue weighted by Crippen LogP contribution is -2.25. The fraction of sp³-hybridized carbons (Fsp3) is 0.190. The van der Waals surface area contributed by atoms with E-state index in [1.807, 2.05) is 36.4 Å². The molecule has 0 fully saturated rings. The normalized spacial score (nSPS) is 10.3. The Morgan fingerprint density at radius 3 is 2.59 bits per heavy atom. The van der Waals surface area contributed by atoms with Crippen LogP contribution < -0.4 is 14.8 Å². The van der Waals surface area contributed by atoms with Gasteiger partial charge in [0.1, 0.15) is 0 Å². The van der Waals surface area contributed by atoms with Crippen LogP contribution in [0.4, 0.5) is 0 Å². The minimum atomic E-state index is -0.0804. The predicted molar refractivity (Wildman–Crippen MR) is 103 cm³/mol. The SMILES string of the molecule is COc1ccc(CC(=O)NCc2cccnc2-c2cccnc2)cc1OC. The Balaban J connectivity index is 1.67. The Kier molecular flexibility index (Phi) is 5.99. The van der Waals surface area contributed by atoms with Crippen molar-refractivity contribution in [2.75, 3.05) is 14.2 Å². The second kappa shape index (κ2) is 8.80. The van der Waals surface area contributed by atoms with Crippen molar-refractivity contribution in [2.45, 2.75) is 13.0 Å². The molecular weight excluding hydrogens is 342 g/mol. The second-order valence-electron chi connectivity index (χ2n) is 5.90. The van der Waals surface area contributed by atoms with Crippen LogP contribution in [0.2, 0.25) is 0 Å². The molecule has 6 heteroatoms. The first-order chi connectivity index (χ1) is 13.2. The number of ether oxygens (including phenoxy) is 2. The molecule has 138 valence electrons. The molecule has 2 heterocycles. The van der Waals surface area contributed by atoms with E-state index in [4.69, 9.17) is 9.47 Å². The number of hydrogen-bond donors (Lipinski definition) is 1. The lowest BCUT2D eigenvalue weighted by Gasteiger charge is -2.11. The van der Waals surface area contributed by atoms with Gasteiger partial charge in [0.05, 0.1) is 26.3 Å². The minimum Gasteiger partial charge on any atom is -0.493 e. The number of pyridine rings is 2. The smallest absolute Gasteiger partial charge is 0.224 e. The van der Waals surface area contributed by atoms with Gasteiger partial charge in [0.15, 0.2) is 11.5 Å². The summed E-state index contributed by atoms with van der Waals surface area (Å²) < 4.78 is 10.5. The summed E-state index contributed by atoms with van der Waals surface area (Å²) in [7, 11) is 3.15. The second-order valence-corrected chi connectivity index (χ2v) is 5.90. The topological polar surface area (TPSA) is 73.3 Å². The summed E-state index contributed by atoms with van der Waals surface area (Å²) in [4.78, 5) is 20.9. The highest BCUT2D eigenvalue weighted by Crippen LogP contribution is 2.27. The number of hydrogen-bond acceptors (Lipinski definition) is 5. The molecule has 1 amide bonds. The van der Waals surface area contributed by atoms with Crippen LogP contribution in [-0.2, 0) is 17.8 Å². The van der Waals surface area contributed by atoms with Gasteiger partial charge in [0, 0.05) is 30.7 Å². The Labute approximate surface area is 158 Å². The fourth-order valence-corrected chi connectivity index (χ4v) is 2.78. The lowest BCUT2D eigenvalue weighted by molar-refractivity contribution is -0.120. The van der Waals surface area contributed by atoms with E-state index in [0.717, 1.165) is 22.4 Å². The fourth-order valence-electron chi connectivity index (χ4n) is 2.78. The highest BCUT2D eigenvalue weighted by molar-refractivity contribution is 5.79. The van der Waals surface area contributed by atoms with Crippen LogP contribution in [0.15, 0.2) is 61.1 Å². The first kappa shape index (κ1) is 18.4. The van der Waals surface area contributed by atoms with Crippen molar-refractivity contribution in [1.82, 2.24) is 15.3 Å². The number of carbonyl (C=O) groups excluding carboxylic acids is 1. The van der Waals surface area contributed by atoms with E-state index in [1.165, 1.54) is 0 Å². The number of amides is 1. The molecule has 0 aliphatic carbocycles. The van der Waals surface area contributed by atoms with E-state index in [2.05, 4.69) is 15.3 Å². The van der Waals surface area contributed by atoms with E-state index < -0.39 is 0 Å². The van der Waals surface area contributed by atoms with Crippen LogP contribution in [0.5, 0.6) is 11.5 Å². The van der Waals surface area contributed by atoms with Crippen molar-refractivity contribution >= 4 is 5.91 Å². The first-order valence-electron chi connectivity index (χ1n) is 8.53. The van der Waals surface area contributed by atoms with Crippen LogP contribution in [0, 0.1) is 0 Å². The van der Waals surface area contributed by atoms with Gasteiger partial charge in [0.25, 0.3) is 0 Å². The molecule has 6 nitrogen and oxygen atoms in total. The van der Waals surface area contributed by atoms with Crippen molar-refractivity contribution in [3.63, 3.8) is 0 Å². The molecule has 0 aliphatic heterocycles. The summed E-state index contributed by atoms with van der Waals surface area (Å²) in [6, 6.07) is 13.1. The molecule has 0 saturated heterocycles. The van der Waals surface area contributed by atoms with Crippen LogP contribution in [0.1, 0.15) is 11.1 Å². The molecular formula is C21H21N3O3. The van der Waals surface area contributed by atoms with Crippen LogP contribution in [0.25, 0.3) is 11.3 Å². The summed E-state index contributed by atoms with van der Waals surface area (Å²) in [5.41, 5.74) is 3.52. The van der Waals surface area contributed by atoms with Crippen LogP contribution in [0.3, 0.4) is 0 Å². The maximum atomic E-state index is 12.4. The van der Waals surface area contributed by atoms with E-state index >= 15 is 0 Å². The molecule has 0 atom stereocenters. The van der Waals surface area contributed by atoms with Gasteiger partial charge in [-0.25, -0.2) is 0 Å². The van der Waals surface area contributed by atoms with E-state index in [9.17, 15) is 4.79 Å². The third-order valence-electron chi connectivity index (χ3n) is 4.11. The maximum Gasteiger partial charge on any atom is 0.224 e. The van der Waals surface area contributed by atoms with Gasteiger partial charge < -0.3 is 14.8 Å². The molecule has 2 aromatic heterocycles. The summed E-state index contributed by atoms with van der Waals surface area (Å²) >= 11 is 0. The number of carbonyl (C=O) groups is 1.